The van der Waals surface area contributed by atoms with Crippen LogP contribution in [0.3, 0.4) is 0 Å². The first-order chi connectivity index (χ1) is 12.7. The molecule has 0 unspecified atom stereocenters. The summed E-state index contributed by atoms with van der Waals surface area (Å²) in [5, 5.41) is 0. The van der Waals surface area contributed by atoms with Gasteiger partial charge in [-0.05, 0) is 48.9 Å². The number of rotatable bonds is 3. The average molecular weight is 377 g/mol. The molecule has 1 amide bonds. The van der Waals surface area contributed by atoms with Crippen molar-refractivity contribution in [2.45, 2.75) is 13.1 Å². The Balaban J connectivity index is 2.06. The summed E-state index contributed by atoms with van der Waals surface area (Å²) in [5.74, 6) is -0.570. The summed E-state index contributed by atoms with van der Waals surface area (Å²) in [4.78, 5) is 15.1. The van der Waals surface area contributed by atoms with Crippen molar-refractivity contribution in [3.05, 3.63) is 53.1 Å². The van der Waals surface area contributed by atoms with E-state index in [9.17, 15) is 18.0 Å². The number of carbonyl (C=O) groups excluding carboxylic acids is 1. The highest BCUT2D eigenvalue weighted by atomic mass is 19.4. The number of nitrogens with two attached hydrogens (primary N) is 1. The molecule has 1 aliphatic rings. The molecule has 1 fully saturated rings. The molecule has 0 saturated carbocycles. The first-order valence-electron chi connectivity index (χ1n) is 8.73. The zero-order valence-electron chi connectivity index (χ0n) is 15.3. The first-order valence-corrected chi connectivity index (χ1v) is 8.73. The highest BCUT2D eigenvalue weighted by Gasteiger charge is 2.38. The average Bonchev–Trinajstić information content (AvgIpc) is 2.61. The second-order valence-corrected chi connectivity index (χ2v) is 6.86. The van der Waals surface area contributed by atoms with Gasteiger partial charge in [0.2, 0.25) is 5.91 Å². The molecular weight excluding hydrogens is 355 g/mol. The van der Waals surface area contributed by atoms with Crippen LogP contribution < -0.4 is 10.6 Å². The van der Waals surface area contributed by atoms with Crippen LogP contribution >= 0.6 is 0 Å². The monoisotopic (exact) mass is 377 g/mol. The number of anilines is 1. The van der Waals surface area contributed by atoms with Crippen LogP contribution in [0.15, 0.2) is 36.4 Å². The van der Waals surface area contributed by atoms with Gasteiger partial charge in [0, 0.05) is 37.4 Å². The molecule has 0 bridgehead atoms. The zero-order valence-corrected chi connectivity index (χ0v) is 15.3. The molecule has 0 aromatic heterocycles. The molecule has 1 aliphatic heterocycles. The van der Waals surface area contributed by atoms with E-state index in [0.717, 1.165) is 13.1 Å². The maximum atomic E-state index is 13.9. The summed E-state index contributed by atoms with van der Waals surface area (Å²) in [7, 11) is 1.96. The lowest BCUT2D eigenvalue weighted by Gasteiger charge is -2.36. The molecular formula is C20H22F3N3O. The van der Waals surface area contributed by atoms with E-state index in [1.54, 1.807) is 29.2 Å². The molecule has 27 heavy (non-hydrogen) atoms. The Kier molecular flexibility index (Phi) is 5.15. The lowest BCUT2D eigenvalue weighted by Crippen LogP contribution is -2.45. The fourth-order valence-electron chi connectivity index (χ4n) is 3.49. The number of halogens is 3. The lowest BCUT2D eigenvalue weighted by molar-refractivity contribution is -0.137. The van der Waals surface area contributed by atoms with Gasteiger partial charge in [-0.15, -0.1) is 0 Å². The van der Waals surface area contributed by atoms with E-state index in [1.807, 2.05) is 7.05 Å². The summed E-state index contributed by atoms with van der Waals surface area (Å²) in [6, 6.07) is 9.57. The minimum Gasteiger partial charge on any atom is -0.368 e. The minimum absolute atomic E-state index is 0.186. The summed E-state index contributed by atoms with van der Waals surface area (Å²) in [5.41, 5.74) is 6.48. The largest absolute Gasteiger partial charge is 0.418 e. The van der Waals surface area contributed by atoms with Gasteiger partial charge < -0.3 is 15.5 Å². The second-order valence-electron chi connectivity index (χ2n) is 6.86. The third kappa shape index (κ3) is 3.93. The standard InChI is InChI=1S/C20H22F3N3O/c1-13-16(14-3-5-15(6-4-14)19(24)27)7-8-17(18(13)20(21,22)23)26-11-9-25(2)10-12-26/h3-8H,9-12H2,1-2H3,(H2,24,27). The van der Waals surface area contributed by atoms with Gasteiger partial charge >= 0.3 is 6.18 Å². The highest BCUT2D eigenvalue weighted by molar-refractivity contribution is 5.93. The molecule has 2 aromatic rings. The molecule has 1 heterocycles. The lowest BCUT2D eigenvalue weighted by atomic mass is 9.93. The Morgan fingerprint density at radius 1 is 1.00 bits per heavy atom. The first kappa shape index (κ1) is 19.2. The van der Waals surface area contributed by atoms with Crippen molar-refractivity contribution < 1.29 is 18.0 Å². The Bertz CT molecular complexity index is 839. The number of nitrogens with zero attached hydrogens (tertiary/aromatic N) is 2. The molecule has 0 spiro atoms. The van der Waals surface area contributed by atoms with Crippen LogP contribution in [0.4, 0.5) is 18.9 Å². The maximum absolute atomic E-state index is 13.9. The topological polar surface area (TPSA) is 49.6 Å². The van der Waals surface area contributed by atoms with Gasteiger partial charge in [0.25, 0.3) is 0 Å². The van der Waals surface area contributed by atoms with Crippen molar-refractivity contribution >= 4 is 11.6 Å². The number of likely N-dealkylation sites (N-methyl/N-ethyl adjacent to an activating group) is 1. The van der Waals surface area contributed by atoms with Crippen LogP contribution in [0.2, 0.25) is 0 Å². The Labute approximate surface area is 156 Å². The van der Waals surface area contributed by atoms with Gasteiger partial charge in [-0.1, -0.05) is 18.2 Å². The molecule has 2 N–H and O–H groups in total. The number of amides is 1. The van der Waals surface area contributed by atoms with Crippen molar-refractivity contribution in [3.8, 4) is 11.1 Å². The van der Waals surface area contributed by atoms with Crippen molar-refractivity contribution in [1.29, 1.82) is 0 Å². The molecule has 1 saturated heterocycles. The molecule has 7 heteroatoms. The maximum Gasteiger partial charge on any atom is 0.418 e. The number of alkyl halides is 3. The number of carbonyl (C=O) groups is 1. The van der Waals surface area contributed by atoms with Gasteiger partial charge in [0.1, 0.15) is 0 Å². The Morgan fingerprint density at radius 2 is 1.59 bits per heavy atom. The molecule has 0 aliphatic carbocycles. The molecule has 2 aromatic carbocycles. The van der Waals surface area contributed by atoms with E-state index in [0.29, 0.717) is 29.8 Å². The highest BCUT2D eigenvalue weighted by Crippen LogP contribution is 2.42. The van der Waals surface area contributed by atoms with Crippen LogP contribution in [0.5, 0.6) is 0 Å². The van der Waals surface area contributed by atoms with Crippen LogP contribution in [0, 0.1) is 6.92 Å². The van der Waals surface area contributed by atoms with Crippen LogP contribution in [-0.4, -0.2) is 44.0 Å². The summed E-state index contributed by atoms with van der Waals surface area (Å²) in [6.07, 6.45) is -4.45. The second kappa shape index (κ2) is 7.23. The van der Waals surface area contributed by atoms with Crippen molar-refractivity contribution in [2.24, 2.45) is 5.73 Å². The van der Waals surface area contributed by atoms with E-state index >= 15 is 0 Å². The molecule has 144 valence electrons. The molecule has 3 rings (SSSR count). The van der Waals surface area contributed by atoms with Gasteiger partial charge in [-0.25, -0.2) is 0 Å². The predicted molar refractivity (Wildman–Crippen MR) is 99.8 cm³/mol. The number of piperazine rings is 1. The van der Waals surface area contributed by atoms with Crippen LogP contribution in [0.25, 0.3) is 11.1 Å². The van der Waals surface area contributed by atoms with Crippen molar-refractivity contribution in [2.75, 3.05) is 38.1 Å². The van der Waals surface area contributed by atoms with E-state index in [4.69, 9.17) is 5.73 Å². The fraction of sp³-hybridized carbons (Fsp3) is 0.350. The molecule has 0 radical (unpaired) electrons. The molecule has 4 nitrogen and oxygen atoms in total. The smallest absolute Gasteiger partial charge is 0.368 e. The van der Waals surface area contributed by atoms with Gasteiger partial charge in [-0.2, -0.15) is 13.2 Å². The SMILES string of the molecule is Cc1c(-c2ccc(C(N)=O)cc2)ccc(N2CCN(C)CC2)c1C(F)(F)F. The number of primary amides is 1. The predicted octanol–water partition coefficient (Wildman–Crippen LogP) is 3.53. The minimum atomic E-state index is -4.45. The van der Waals surface area contributed by atoms with Crippen LogP contribution in [-0.2, 0) is 6.18 Å². The number of hydrogen-bond acceptors (Lipinski definition) is 3. The normalized spacial score (nSPS) is 15.8. The summed E-state index contributed by atoms with van der Waals surface area (Å²) < 4.78 is 41.7. The third-order valence-corrected chi connectivity index (χ3v) is 5.05. The van der Waals surface area contributed by atoms with E-state index < -0.39 is 17.6 Å². The Morgan fingerprint density at radius 3 is 2.11 bits per heavy atom. The summed E-state index contributed by atoms with van der Waals surface area (Å²) in [6.45, 7) is 4.08. The third-order valence-electron chi connectivity index (χ3n) is 5.05. The van der Waals surface area contributed by atoms with E-state index in [2.05, 4.69) is 4.90 Å². The number of benzene rings is 2. The van der Waals surface area contributed by atoms with E-state index in [-0.39, 0.29) is 11.3 Å². The zero-order chi connectivity index (χ0) is 19.8. The van der Waals surface area contributed by atoms with Gasteiger partial charge in [-0.3, -0.25) is 4.79 Å². The summed E-state index contributed by atoms with van der Waals surface area (Å²) >= 11 is 0. The van der Waals surface area contributed by atoms with E-state index in [1.165, 1.54) is 19.1 Å². The number of hydrogen-bond donors (Lipinski definition) is 1. The molecule has 0 atom stereocenters. The van der Waals surface area contributed by atoms with Crippen molar-refractivity contribution in [3.63, 3.8) is 0 Å². The van der Waals surface area contributed by atoms with Gasteiger partial charge in [0.15, 0.2) is 0 Å². The Hall–Kier alpha value is -2.54. The van der Waals surface area contributed by atoms with Crippen molar-refractivity contribution in [1.82, 2.24) is 4.90 Å². The quantitative estimate of drug-likeness (QED) is 0.890. The fourth-order valence-corrected chi connectivity index (χ4v) is 3.49. The van der Waals surface area contributed by atoms with Gasteiger partial charge in [0.05, 0.1) is 5.56 Å². The van der Waals surface area contributed by atoms with Crippen LogP contribution in [0.1, 0.15) is 21.5 Å².